The maximum absolute atomic E-state index is 13.1. The Kier molecular flexibility index (Phi) is 5.38. The number of amides is 1. The fraction of sp³-hybridized carbons (Fsp3) is 0.348. The summed E-state index contributed by atoms with van der Waals surface area (Å²) < 4.78 is 26.9. The predicted octanol–water partition coefficient (Wildman–Crippen LogP) is 2.02. The molecule has 0 bridgehead atoms. The van der Waals surface area contributed by atoms with Crippen LogP contribution in [0.1, 0.15) is 29.8 Å². The fourth-order valence-corrected chi connectivity index (χ4v) is 4.15. The summed E-state index contributed by atoms with van der Waals surface area (Å²) in [4.78, 5) is 25.3. The number of ether oxygens (including phenoxy) is 2. The molecule has 9 heteroatoms. The van der Waals surface area contributed by atoms with Crippen LogP contribution in [0, 0.1) is 5.82 Å². The summed E-state index contributed by atoms with van der Waals surface area (Å²) in [5.74, 6) is 1.68. The van der Waals surface area contributed by atoms with Gasteiger partial charge in [-0.15, -0.1) is 0 Å². The van der Waals surface area contributed by atoms with E-state index >= 15 is 0 Å². The van der Waals surface area contributed by atoms with Crippen LogP contribution in [0.5, 0.6) is 11.5 Å². The second-order valence-electron chi connectivity index (χ2n) is 8.09. The van der Waals surface area contributed by atoms with Crippen LogP contribution in [0.25, 0.3) is 0 Å². The predicted molar refractivity (Wildman–Crippen MR) is 113 cm³/mol. The first-order chi connectivity index (χ1) is 15.5. The fourth-order valence-electron chi connectivity index (χ4n) is 4.15. The molecule has 2 aromatic carbocycles. The number of hydrogen-bond acceptors (Lipinski definition) is 5. The summed E-state index contributed by atoms with van der Waals surface area (Å²) in [6.45, 7) is 0.995. The zero-order valence-corrected chi connectivity index (χ0v) is 17.4. The highest BCUT2D eigenvalue weighted by atomic mass is 19.1. The Bertz CT molecular complexity index is 1200. The van der Waals surface area contributed by atoms with E-state index in [0.717, 1.165) is 11.1 Å². The van der Waals surface area contributed by atoms with Gasteiger partial charge in [0.05, 0.1) is 13.0 Å². The molecule has 2 aliphatic rings. The summed E-state index contributed by atoms with van der Waals surface area (Å²) in [6.07, 6.45) is 2.21. The second-order valence-corrected chi connectivity index (χ2v) is 8.09. The molecule has 2 aliphatic heterocycles. The van der Waals surface area contributed by atoms with Gasteiger partial charge in [-0.05, 0) is 48.2 Å². The highest BCUT2D eigenvalue weighted by molar-refractivity contribution is 5.79. The van der Waals surface area contributed by atoms with Crippen molar-refractivity contribution in [3.05, 3.63) is 75.7 Å². The van der Waals surface area contributed by atoms with Gasteiger partial charge in [-0.2, -0.15) is 5.10 Å². The maximum Gasteiger partial charge on any atom is 0.346 e. The van der Waals surface area contributed by atoms with Gasteiger partial charge in [0.2, 0.25) is 12.7 Å². The first-order valence-corrected chi connectivity index (χ1v) is 10.6. The SMILES string of the molecule is O=C(Cc1ccc2c(c1)OCO2)NC1CCc2nn(Cc3ccc(F)cc3)c(=O)n2CC1. The summed E-state index contributed by atoms with van der Waals surface area (Å²) in [5, 5.41) is 7.56. The minimum atomic E-state index is -0.312. The number of halogens is 1. The molecule has 1 amide bonds. The van der Waals surface area contributed by atoms with Crippen molar-refractivity contribution in [2.24, 2.45) is 0 Å². The lowest BCUT2D eigenvalue weighted by Gasteiger charge is -2.16. The van der Waals surface area contributed by atoms with E-state index in [0.29, 0.717) is 49.7 Å². The summed E-state index contributed by atoms with van der Waals surface area (Å²) in [7, 11) is 0. The van der Waals surface area contributed by atoms with Gasteiger partial charge in [-0.3, -0.25) is 9.36 Å². The Morgan fingerprint density at radius 3 is 2.72 bits per heavy atom. The summed E-state index contributed by atoms with van der Waals surface area (Å²) in [6, 6.07) is 11.5. The maximum atomic E-state index is 13.1. The molecule has 3 aromatic rings. The number of carbonyl (C=O) groups is 1. The zero-order chi connectivity index (χ0) is 22.1. The Morgan fingerprint density at radius 1 is 1.09 bits per heavy atom. The zero-order valence-electron chi connectivity index (χ0n) is 17.4. The number of aromatic nitrogens is 3. The number of benzene rings is 2. The molecule has 0 fully saturated rings. The lowest BCUT2D eigenvalue weighted by molar-refractivity contribution is -0.121. The molecule has 166 valence electrons. The molecule has 0 radical (unpaired) electrons. The molecular formula is C23H23FN4O4. The lowest BCUT2D eigenvalue weighted by Crippen LogP contribution is -2.36. The van der Waals surface area contributed by atoms with Gasteiger partial charge in [-0.25, -0.2) is 13.9 Å². The molecule has 32 heavy (non-hydrogen) atoms. The molecule has 1 N–H and O–H groups in total. The standard InChI is InChI=1S/C23H23FN4O4/c24-17-4-1-15(2-5-17)13-28-23(30)27-10-9-18(6-8-21(27)26-28)25-22(29)12-16-3-7-19-20(11-16)32-14-31-19/h1-5,7,11,18H,6,8-10,12-14H2,(H,25,29). The van der Waals surface area contributed by atoms with Crippen LogP contribution in [0.3, 0.4) is 0 Å². The highest BCUT2D eigenvalue weighted by Gasteiger charge is 2.22. The molecule has 0 aliphatic carbocycles. The van der Waals surface area contributed by atoms with Crippen molar-refractivity contribution in [2.45, 2.75) is 44.8 Å². The van der Waals surface area contributed by atoms with Crippen molar-refractivity contribution in [1.29, 1.82) is 0 Å². The molecule has 5 rings (SSSR count). The van der Waals surface area contributed by atoms with Crippen LogP contribution >= 0.6 is 0 Å². The van der Waals surface area contributed by atoms with Crippen molar-refractivity contribution in [3.63, 3.8) is 0 Å². The Labute approximate surface area is 183 Å². The molecule has 3 heterocycles. The van der Waals surface area contributed by atoms with E-state index in [4.69, 9.17) is 9.47 Å². The number of hydrogen-bond donors (Lipinski definition) is 1. The minimum Gasteiger partial charge on any atom is -0.454 e. The first kappa shape index (κ1) is 20.3. The van der Waals surface area contributed by atoms with E-state index in [9.17, 15) is 14.0 Å². The molecule has 1 aromatic heterocycles. The van der Waals surface area contributed by atoms with Crippen molar-refractivity contribution in [2.75, 3.05) is 6.79 Å². The lowest BCUT2D eigenvalue weighted by atomic mass is 10.1. The van der Waals surface area contributed by atoms with Gasteiger partial charge in [0.25, 0.3) is 0 Å². The number of carbonyl (C=O) groups excluding carboxylic acids is 1. The quantitative estimate of drug-likeness (QED) is 0.659. The van der Waals surface area contributed by atoms with Gasteiger partial charge < -0.3 is 14.8 Å². The molecule has 0 saturated heterocycles. The molecule has 1 unspecified atom stereocenters. The van der Waals surface area contributed by atoms with E-state index in [1.54, 1.807) is 16.7 Å². The van der Waals surface area contributed by atoms with Crippen molar-refractivity contribution < 1.29 is 18.7 Å². The van der Waals surface area contributed by atoms with Gasteiger partial charge >= 0.3 is 5.69 Å². The van der Waals surface area contributed by atoms with E-state index < -0.39 is 0 Å². The second kappa shape index (κ2) is 8.49. The van der Waals surface area contributed by atoms with Crippen LogP contribution in [0.2, 0.25) is 0 Å². The van der Waals surface area contributed by atoms with Crippen LogP contribution in [0.4, 0.5) is 4.39 Å². The highest BCUT2D eigenvalue weighted by Crippen LogP contribution is 2.32. The van der Waals surface area contributed by atoms with Crippen LogP contribution in [-0.4, -0.2) is 33.1 Å². The van der Waals surface area contributed by atoms with Crippen LogP contribution in [0.15, 0.2) is 47.3 Å². The molecular weight excluding hydrogens is 415 g/mol. The van der Waals surface area contributed by atoms with Crippen molar-refractivity contribution >= 4 is 5.91 Å². The molecule has 1 atom stereocenters. The monoisotopic (exact) mass is 438 g/mol. The van der Waals surface area contributed by atoms with E-state index in [1.165, 1.54) is 16.8 Å². The van der Waals surface area contributed by atoms with Gasteiger partial charge in [0, 0.05) is 19.0 Å². The minimum absolute atomic E-state index is 0.0249. The summed E-state index contributed by atoms with van der Waals surface area (Å²) >= 11 is 0. The number of rotatable bonds is 5. The Balaban J connectivity index is 1.19. The third kappa shape index (κ3) is 4.23. The largest absolute Gasteiger partial charge is 0.454 e. The smallest absolute Gasteiger partial charge is 0.346 e. The first-order valence-electron chi connectivity index (χ1n) is 10.6. The molecule has 0 saturated carbocycles. The van der Waals surface area contributed by atoms with Gasteiger partial charge in [0.1, 0.15) is 11.6 Å². The van der Waals surface area contributed by atoms with E-state index in [-0.39, 0.29) is 36.7 Å². The summed E-state index contributed by atoms with van der Waals surface area (Å²) in [5.41, 5.74) is 1.49. The van der Waals surface area contributed by atoms with Crippen molar-refractivity contribution in [3.8, 4) is 11.5 Å². The number of nitrogens with zero attached hydrogens (tertiary/aromatic N) is 3. The van der Waals surface area contributed by atoms with E-state index in [1.807, 2.05) is 18.2 Å². The third-order valence-electron chi connectivity index (χ3n) is 5.83. The van der Waals surface area contributed by atoms with Gasteiger partial charge in [0.15, 0.2) is 11.5 Å². The average molecular weight is 438 g/mol. The normalized spacial score (nSPS) is 17.0. The third-order valence-corrected chi connectivity index (χ3v) is 5.83. The van der Waals surface area contributed by atoms with Crippen LogP contribution < -0.4 is 20.5 Å². The number of aryl methyl sites for hydroxylation is 1. The number of fused-ring (bicyclic) bond motifs is 2. The Hall–Kier alpha value is -3.62. The molecule has 8 nitrogen and oxygen atoms in total. The van der Waals surface area contributed by atoms with Crippen LogP contribution in [-0.2, 0) is 30.7 Å². The van der Waals surface area contributed by atoms with Crippen molar-refractivity contribution in [1.82, 2.24) is 19.7 Å². The van der Waals surface area contributed by atoms with Gasteiger partial charge in [-0.1, -0.05) is 18.2 Å². The number of nitrogens with one attached hydrogen (secondary N) is 1. The Morgan fingerprint density at radius 2 is 1.88 bits per heavy atom. The molecule has 0 spiro atoms. The van der Waals surface area contributed by atoms with E-state index in [2.05, 4.69) is 10.4 Å². The average Bonchev–Trinajstić information content (AvgIpc) is 3.29. The topological polar surface area (TPSA) is 87.4 Å².